The van der Waals surface area contributed by atoms with Gasteiger partial charge in [0, 0.05) is 7.12 Å². The molecular weight excluding hydrogens is 303 g/mol. The van der Waals surface area contributed by atoms with Gasteiger partial charge in [0.15, 0.2) is 0 Å². The van der Waals surface area contributed by atoms with Gasteiger partial charge in [-0.1, -0.05) is 99.7 Å². The molecule has 0 unspecified atom stereocenters. The van der Waals surface area contributed by atoms with Gasteiger partial charge < -0.3 is 0 Å². The molecule has 0 N–H and O–H groups in total. The maximum atomic E-state index is 2.28. The van der Waals surface area contributed by atoms with E-state index in [9.17, 15) is 0 Å². The van der Waals surface area contributed by atoms with E-state index in [2.05, 4.69) is 79.0 Å². The highest BCUT2D eigenvalue weighted by Crippen LogP contribution is 2.47. The Kier molecular flexibility index (Phi) is 8.68. The molecule has 2 aromatic rings. The van der Waals surface area contributed by atoms with Crippen LogP contribution >= 0.6 is 18.5 Å². The third kappa shape index (κ3) is 6.15. The SMILES string of the molecule is CCCCCCCCSP(c1ccccc1)c1ccccc1. The van der Waals surface area contributed by atoms with E-state index in [1.54, 1.807) is 0 Å². The Morgan fingerprint density at radius 3 is 1.73 bits per heavy atom. The fourth-order valence-electron chi connectivity index (χ4n) is 2.46. The molecule has 0 nitrogen and oxygen atoms in total. The van der Waals surface area contributed by atoms with Crippen molar-refractivity contribution in [1.82, 2.24) is 0 Å². The first kappa shape index (κ1) is 17.6. The summed E-state index contributed by atoms with van der Waals surface area (Å²) in [6.45, 7) is 2.28. The average Bonchev–Trinajstić information content (AvgIpc) is 2.59. The molecule has 0 spiro atoms. The number of hydrogen-bond acceptors (Lipinski definition) is 1. The Morgan fingerprint density at radius 1 is 0.682 bits per heavy atom. The number of hydrogen-bond donors (Lipinski definition) is 0. The van der Waals surface area contributed by atoms with Crippen LogP contribution in [0.4, 0.5) is 0 Å². The molecule has 0 saturated carbocycles. The standard InChI is InChI=1S/C20H27PS/c1-2-3-4-5-6-13-18-22-21(19-14-9-7-10-15-19)20-16-11-8-12-17-20/h7-12,14-17H,2-6,13,18H2,1H3. The van der Waals surface area contributed by atoms with E-state index in [0.29, 0.717) is 0 Å². The van der Waals surface area contributed by atoms with Gasteiger partial charge in [0.05, 0.1) is 0 Å². The lowest BCUT2D eigenvalue weighted by Crippen LogP contribution is -2.09. The Hall–Kier alpha value is -0.780. The fourth-order valence-corrected chi connectivity index (χ4v) is 7.02. The third-order valence-corrected chi connectivity index (χ3v) is 8.55. The predicted octanol–water partition coefficient (Wildman–Crippen LogP) is 6.13. The molecule has 2 rings (SSSR count). The molecule has 2 aromatic carbocycles. The first-order chi connectivity index (χ1) is 10.9. The second-order valence-corrected chi connectivity index (χ2v) is 9.72. The van der Waals surface area contributed by atoms with Crippen molar-refractivity contribution >= 4 is 29.1 Å². The molecule has 22 heavy (non-hydrogen) atoms. The summed E-state index contributed by atoms with van der Waals surface area (Å²) in [7, 11) is -0.262. The van der Waals surface area contributed by atoms with Crippen LogP contribution in [-0.4, -0.2) is 5.75 Å². The van der Waals surface area contributed by atoms with Crippen molar-refractivity contribution in [2.75, 3.05) is 5.75 Å². The summed E-state index contributed by atoms with van der Waals surface area (Å²) >= 11 is 2.16. The van der Waals surface area contributed by atoms with Gasteiger partial charge in [0.2, 0.25) is 0 Å². The zero-order valence-electron chi connectivity index (χ0n) is 13.6. The van der Waals surface area contributed by atoms with Crippen LogP contribution < -0.4 is 10.6 Å². The second kappa shape index (κ2) is 10.9. The highest BCUT2D eigenvalue weighted by atomic mass is 32.7. The van der Waals surface area contributed by atoms with E-state index in [-0.39, 0.29) is 7.12 Å². The van der Waals surface area contributed by atoms with Crippen molar-refractivity contribution in [3.8, 4) is 0 Å². The lowest BCUT2D eigenvalue weighted by Gasteiger charge is -2.17. The molecule has 118 valence electrons. The molecule has 0 aromatic heterocycles. The highest BCUT2D eigenvalue weighted by molar-refractivity contribution is 8.60. The minimum absolute atomic E-state index is 0.262. The quantitative estimate of drug-likeness (QED) is 0.373. The molecule has 0 saturated heterocycles. The van der Waals surface area contributed by atoms with Crippen LogP contribution in [0.1, 0.15) is 45.4 Å². The van der Waals surface area contributed by atoms with Crippen LogP contribution in [0.15, 0.2) is 60.7 Å². The molecule has 0 fully saturated rings. The van der Waals surface area contributed by atoms with E-state index < -0.39 is 0 Å². The first-order valence-electron chi connectivity index (χ1n) is 8.45. The largest absolute Gasteiger partial charge is 0.124 e. The second-order valence-electron chi connectivity index (χ2n) is 5.57. The molecule has 0 heterocycles. The molecule has 0 aliphatic rings. The van der Waals surface area contributed by atoms with E-state index >= 15 is 0 Å². The number of benzene rings is 2. The molecule has 0 bridgehead atoms. The lowest BCUT2D eigenvalue weighted by atomic mass is 10.1. The van der Waals surface area contributed by atoms with Gasteiger partial charge in [0.1, 0.15) is 0 Å². The molecule has 0 radical (unpaired) electrons. The summed E-state index contributed by atoms with van der Waals surface area (Å²) in [5, 5.41) is 2.97. The zero-order valence-corrected chi connectivity index (χ0v) is 15.3. The minimum atomic E-state index is -0.262. The van der Waals surface area contributed by atoms with E-state index in [1.807, 2.05) is 0 Å². The minimum Gasteiger partial charge on any atom is -0.124 e. The van der Waals surface area contributed by atoms with E-state index in [4.69, 9.17) is 0 Å². The smallest absolute Gasteiger partial charge is 0.0152 e. The Labute approximate surface area is 141 Å². The topological polar surface area (TPSA) is 0 Å². The van der Waals surface area contributed by atoms with Gasteiger partial charge in [0.25, 0.3) is 0 Å². The van der Waals surface area contributed by atoms with Crippen molar-refractivity contribution in [3.63, 3.8) is 0 Å². The maximum Gasteiger partial charge on any atom is 0.0152 e. The first-order valence-corrected chi connectivity index (χ1v) is 11.4. The van der Waals surface area contributed by atoms with Crippen molar-refractivity contribution in [3.05, 3.63) is 60.7 Å². The Bertz CT molecular complexity index is 458. The van der Waals surface area contributed by atoms with Crippen LogP contribution in [0.3, 0.4) is 0 Å². The fraction of sp³-hybridized carbons (Fsp3) is 0.400. The summed E-state index contributed by atoms with van der Waals surface area (Å²) in [6.07, 6.45) is 8.29. The van der Waals surface area contributed by atoms with E-state index in [1.165, 1.54) is 54.9 Å². The van der Waals surface area contributed by atoms with Crippen molar-refractivity contribution < 1.29 is 0 Å². The van der Waals surface area contributed by atoms with Crippen LogP contribution in [0.25, 0.3) is 0 Å². The van der Waals surface area contributed by atoms with Gasteiger partial charge in [-0.25, -0.2) is 0 Å². The normalized spacial score (nSPS) is 11.0. The lowest BCUT2D eigenvalue weighted by molar-refractivity contribution is 0.627. The van der Waals surface area contributed by atoms with Crippen molar-refractivity contribution in [2.45, 2.75) is 45.4 Å². The van der Waals surface area contributed by atoms with Gasteiger partial charge >= 0.3 is 0 Å². The predicted molar refractivity (Wildman–Crippen MR) is 105 cm³/mol. The molecule has 2 heteroatoms. The van der Waals surface area contributed by atoms with Crippen molar-refractivity contribution in [2.24, 2.45) is 0 Å². The Morgan fingerprint density at radius 2 is 1.18 bits per heavy atom. The van der Waals surface area contributed by atoms with Crippen LogP contribution in [0.2, 0.25) is 0 Å². The summed E-state index contributed by atoms with van der Waals surface area (Å²) < 4.78 is 0. The van der Waals surface area contributed by atoms with Crippen LogP contribution in [-0.2, 0) is 0 Å². The molecule has 0 atom stereocenters. The third-order valence-electron chi connectivity index (χ3n) is 3.70. The van der Waals surface area contributed by atoms with Crippen molar-refractivity contribution in [1.29, 1.82) is 0 Å². The molecule has 0 amide bonds. The summed E-state index contributed by atoms with van der Waals surface area (Å²) in [6, 6.07) is 22.0. The van der Waals surface area contributed by atoms with Gasteiger partial charge in [-0.3, -0.25) is 0 Å². The monoisotopic (exact) mass is 330 g/mol. The molecular formula is C20H27PS. The Balaban J connectivity index is 1.87. The van der Waals surface area contributed by atoms with Crippen LogP contribution in [0.5, 0.6) is 0 Å². The summed E-state index contributed by atoms with van der Waals surface area (Å²) in [4.78, 5) is 0. The van der Waals surface area contributed by atoms with Crippen LogP contribution in [0, 0.1) is 0 Å². The van der Waals surface area contributed by atoms with Gasteiger partial charge in [-0.05, 0) is 22.8 Å². The van der Waals surface area contributed by atoms with E-state index in [0.717, 1.165) is 0 Å². The zero-order chi connectivity index (χ0) is 15.5. The van der Waals surface area contributed by atoms with Gasteiger partial charge in [-0.15, -0.1) is 11.4 Å². The highest BCUT2D eigenvalue weighted by Gasteiger charge is 2.13. The summed E-state index contributed by atoms with van der Waals surface area (Å²) in [5.41, 5.74) is 0. The average molecular weight is 330 g/mol. The maximum absolute atomic E-state index is 2.28. The number of unbranched alkanes of at least 4 members (excludes halogenated alkanes) is 5. The number of rotatable bonds is 10. The summed E-state index contributed by atoms with van der Waals surface area (Å²) in [5.74, 6) is 1.28. The van der Waals surface area contributed by atoms with Gasteiger partial charge in [-0.2, -0.15) is 0 Å². The molecule has 0 aliphatic heterocycles. The molecule has 0 aliphatic carbocycles.